The van der Waals surface area contributed by atoms with E-state index >= 15 is 0 Å². The van der Waals surface area contributed by atoms with Crippen LogP contribution in [0.2, 0.25) is 0 Å². The van der Waals surface area contributed by atoms with Gasteiger partial charge in [-0.2, -0.15) is 0 Å². The first-order chi connectivity index (χ1) is 19.8. The molecule has 2 aromatic rings. The van der Waals surface area contributed by atoms with Crippen molar-refractivity contribution >= 4 is 29.8 Å². The van der Waals surface area contributed by atoms with Crippen LogP contribution in [0.1, 0.15) is 68.6 Å². The summed E-state index contributed by atoms with van der Waals surface area (Å²) in [7, 11) is 0. The number of aryl methyl sites for hydroxylation is 1. The second kappa shape index (κ2) is 16.1. The first-order valence-electron chi connectivity index (χ1n) is 13.2. The maximum absolute atomic E-state index is 12.6. The molecule has 0 spiro atoms. The van der Waals surface area contributed by atoms with Gasteiger partial charge in [0, 0.05) is 39.7 Å². The number of nitrogens with one attached hydrogen (secondary N) is 1. The Bertz CT molecular complexity index is 1230. The van der Waals surface area contributed by atoms with Crippen molar-refractivity contribution in [1.29, 1.82) is 0 Å². The lowest BCUT2D eigenvalue weighted by Crippen LogP contribution is -2.52. The van der Waals surface area contributed by atoms with Gasteiger partial charge in [-0.3, -0.25) is 24.0 Å². The van der Waals surface area contributed by atoms with Crippen molar-refractivity contribution in [3.63, 3.8) is 0 Å². The Morgan fingerprint density at radius 3 is 1.83 bits per heavy atom. The molecule has 0 radical (unpaired) electrons. The third kappa shape index (κ3) is 11.2. The lowest BCUT2D eigenvalue weighted by atomic mass is 10.0. The average Bonchev–Trinajstić information content (AvgIpc) is 2.90. The van der Waals surface area contributed by atoms with Crippen molar-refractivity contribution < 1.29 is 52.8 Å². The van der Waals surface area contributed by atoms with Crippen LogP contribution in [0.3, 0.4) is 0 Å². The minimum Gasteiger partial charge on any atom is -0.466 e. The molecule has 0 saturated heterocycles. The van der Waals surface area contributed by atoms with Gasteiger partial charge in [0.1, 0.15) is 11.9 Å². The molecule has 5 unspecified atom stereocenters. The van der Waals surface area contributed by atoms with E-state index in [1.807, 2.05) is 26.0 Å². The number of aliphatic hydroxyl groups is 1. The fraction of sp³-hybridized carbons (Fsp3) is 0.433. The van der Waals surface area contributed by atoms with Crippen LogP contribution in [0.15, 0.2) is 48.5 Å². The molecule has 42 heavy (non-hydrogen) atoms. The molecule has 2 aromatic carbocycles. The molecular formula is C30H37NO11. The summed E-state index contributed by atoms with van der Waals surface area (Å²) in [6, 6.07) is 13.2. The Labute approximate surface area is 244 Å². The van der Waals surface area contributed by atoms with E-state index in [9.17, 15) is 29.1 Å². The van der Waals surface area contributed by atoms with E-state index < -0.39 is 48.5 Å². The van der Waals surface area contributed by atoms with Gasteiger partial charge in [0.25, 0.3) is 5.91 Å². The first kappa shape index (κ1) is 33.8. The number of aliphatic hydroxyl groups excluding tert-OH is 1. The lowest BCUT2D eigenvalue weighted by molar-refractivity contribution is -0.212. The molecule has 2 rings (SSSR count). The Morgan fingerprint density at radius 1 is 0.762 bits per heavy atom. The Kier molecular flexibility index (Phi) is 12.9. The molecule has 12 heteroatoms. The number of benzene rings is 2. The highest BCUT2D eigenvalue weighted by Crippen LogP contribution is 2.24. The summed E-state index contributed by atoms with van der Waals surface area (Å²) < 4.78 is 26.4. The van der Waals surface area contributed by atoms with Crippen molar-refractivity contribution in [2.45, 2.75) is 78.6 Å². The van der Waals surface area contributed by atoms with Crippen LogP contribution in [0.4, 0.5) is 0 Å². The van der Waals surface area contributed by atoms with Gasteiger partial charge in [0.05, 0.1) is 12.6 Å². The second-order valence-electron chi connectivity index (χ2n) is 9.56. The predicted octanol–water partition coefficient (Wildman–Crippen LogP) is 2.93. The van der Waals surface area contributed by atoms with Crippen molar-refractivity contribution in [2.75, 3.05) is 6.61 Å². The average molecular weight is 588 g/mol. The van der Waals surface area contributed by atoms with Gasteiger partial charge >= 0.3 is 23.9 Å². The fourth-order valence-electron chi connectivity index (χ4n) is 3.96. The molecule has 0 heterocycles. The summed E-state index contributed by atoms with van der Waals surface area (Å²) in [5.74, 6) is -3.08. The largest absolute Gasteiger partial charge is 0.466 e. The van der Waals surface area contributed by atoms with Crippen molar-refractivity contribution in [1.82, 2.24) is 5.32 Å². The summed E-state index contributed by atoms with van der Waals surface area (Å²) in [5, 5.41) is 13.9. The van der Waals surface area contributed by atoms with E-state index in [2.05, 4.69) is 5.32 Å². The van der Waals surface area contributed by atoms with Gasteiger partial charge in [-0.25, -0.2) is 0 Å². The highest BCUT2D eigenvalue weighted by atomic mass is 16.7. The monoisotopic (exact) mass is 587 g/mol. The van der Waals surface area contributed by atoms with Crippen LogP contribution in [0.25, 0.3) is 0 Å². The molecule has 5 atom stereocenters. The van der Waals surface area contributed by atoms with Crippen molar-refractivity contribution in [2.24, 2.45) is 0 Å². The molecule has 0 aliphatic heterocycles. The maximum atomic E-state index is 12.6. The molecule has 0 bridgehead atoms. The number of amides is 1. The smallest absolute Gasteiger partial charge is 0.303 e. The van der Waals surface area contributed by atoms with Gasteiger partial charge < -0.3 is 34.1 Å². The Balaban J connectivity index is 2.22. The van der Waals surface area contributed by atoms with Gasteiger partial charge in [0.2, 0.25) is 12.4 Å². The summed E-state index contributed by atoms with van der Waals surface area (Å²) in [6.07, 6.45) is -6.44. The number of esters is 4. The Morgan fingerprint density at radius 2 is 1.31 bits per heavy atom. The third-order valence-electron chi connectivity index (χ3n) is 5.90. The second-order valence-corrected chi connectivity index (χ2v) is 9.56. The van der Waals surface area contributed by atoms with Crippen LogP contribution >= 0.6 is 0 Å². The zero-order valence-corrected chi connectivity index (χ0v) is 24.4. The van der Waals surface area contributed by atoms with Crippen molar-refractivity contribution in [3.05, 3.63) is 65.2 Å². The third-order valence-corrected chi connectivity index (χ3v) is 5.90. The maximum Gasteiger partial charge on any atom is 0.303 e. The number of carbonyl (C=O) groups is 5. The number of hydrogen-bond donors (Lipinski definition) is 2. The van der Waals surface area contributed by atoms with E-state index in [0.717, 1.165) is 31.9 Å². The molecule has 12 nitrogen and oxygen atoms in total. The van der Waals surface area contributed by atoms with Crippen LogP contribution in [-0.2, 0) is 38.1 Å². The quantitative estimate of drug-likeness (QED) is 0.190. The minimum atomic E-state index is -1.88. The zero-order chi connectivity index (χ0) is 31.4. The van der Waals surface area contributed by atoms with Gasteiger partial charge in [-0.15, -0.1) is 0 Å². The minimum absolute atomic E-state index is 0.136. The molecule has 0 fully saturated rings. The lowest BCUT2D eigenvalue weighted by Gasteiger charge is -2.34. The van der Waals surface area contributed by atoms with Crippen LogP contribution in [0, 0.1) is 6.92 Å². The van der Waals surface area contributed by atoms with Crippen LogP contribution < -0.4 is 10.1 Å². The molecule has 228 valence electrons. The SMILES string of the molecule is CC(=O)OCCC(OC(C)=O)C(OC(C)=O)C(OC(C)=O)C(O)Oc1ccc(C(C)NC(=O)c2ccc(C)cc2)cc1. The van der Waals surface area contributed by atoms with E-state index in [1.165, 1.54) is 19.1 Å². The number of ether oxygens (including phenoxy) is 5. The molecule has 0 aliphatic rings. The molecule has 2 N–H and O–H groups in total. The fourth-order valence-corrected chi connectivity index (χ4v) is 3.96. The van der Waals surface area contributed by atoms with Gasteiger partial charge in [-0.1, -0.05) is 29.8 Å². The summed E-state index contributed by atoms with van der Waals surface area (Å²) in [6.45, 7) is 7.98. The highest BCUT2D eigenvalue weighted by molar-refractivity contribution is 5.94. The summed E-state index contributed by atoms with van der Waals surface area (Å²) in [4.78, 5) is 59.5. The highest BCUT2D eigenvalue weighted by Gasteiger charge is 2.42. The van der Waals surface area contributed by atoms with E-state index in [0.29, 0.717) is 5.56 Å². The summed E-state index contributed by atoms with van der Waals surface area (Å²) >= 11 is 0. The molecule has 1 amide bonds. The van der Waals surface area contributed by atoms with E-state index in [-0.39, 0.29) is 30.7 Å². The first-order valence-corrected chi connectivity index (χ1v) is 13.2. The van der Waals surface area contributed by atoms with E-state index in [4.69, 9.17) is 23.7 Å². The molecule has 0 aromatic heterocycles. The number of rotatable bonds is 14. The van der Waals surface area contributed by atoms with Gasteiger partial charge in [0.15, 0.2) is 6.10 Å². The van der Waals surface area contributed by atoms with Gasteiger partial charge in [-0.05, 0) is 43.7 Å². The molecule has 0 saturated carbocycles. The molecule has 0 aliphatic carbocycles. The van der Waals surface area contributed by atoms with Crippen LogP contribution in [-0.4, -0.2) is 66.1 Å². The van der Waals surface area contributed by atoms with Crippen molar-refractivity contribution in [3.8, 4) is 5.75 Å². The topological polar surface area (TPSA) is 164 Å². The van der Waals surface area contributed by atoms with Crippen LogP contribution in [0.5, 0.6) is 5.75 Å². The van der Waals surface area contributed by atoms with E-state index in [1.54, 1.807) is 24.3 Å². The normalized spacial score (nSPS) is 14.3. The number of carbonyl (C=O) groups excluding carboxylic acids is 5. The standard InChI is InChI=1S/C30H37NO11/c1-17-7-9-24(10-8-17)29(36)31-18(2)23-11-13-25(14-12-23)42-30(37)28(41-22(6)35)27(40-21(5)34)26(39-20(4)33)15-16-38-19(3)32/h7-14,18,26-28,30,37H,15-16H2,1-6H3,(H,31,36). The predicted molar refractivity (Wildman–Crippen MR) is 148 cm³/mol. The number of hydrogen-bond acceptors (Lipinski definition) is 11. The molecular weight excluding hydrogens is 550 g/mol. The zero-order valence-electron chi connectivity index (χ0n) is 24.4. The Hall–Kier alpha value is -4.45. The summed E-state index contributed by atoms with van der Waals surface area (Å²) in [5.41, 5.74) is 2.30.